The van der Waals surface area contributed by atoms with Crippen LogP contribution in [0.4, 0.5) is 0 Å². The molecule has 98 valence electrons. The van der Waals surface area contributed by atoms with E-state index in [1.54, 1.807) is 0 Å². The first-order chi connectivity index (χ1) is 8.43. The van der Waals surface area contributed by atoms with Gasteiger partial charge in [0.15, 0.2) is 5.12 Å². The molecule has 0 fully saturated rings. The van der Waals surface area contributed by atoms with E-state index in [9.17, 15) is 14.7 Å². The predicted molar refractivity (Wildman–Crippen MR) is 73.9 cm³/mol. The summed E-state index contributed by atoms with van der Waals surface area (Å²) >= 11 is 1.08. The summed E-state index contributed by atoms with van der Waals surface area (Å²) in [5.41, 5.74) is 2.12. The van der Waals surface area contributed by atoms with Gasteiger partial charge in [-0.1, -0.05) is 43.0 Å². The molecular weight excluding hydrogens is 248 g/mol. The molecule has 1 aromatic carbocycles. The minimum absolute atomic E-state index is 0.0433. The number of carbonyl (C=O) groups is 2. The molecule has 0 bridgehead atoms. The summed E-state index contributed by atoms with van der Waals surface area (Å²) in [6.45, 7) is 5.34. The van der Waals surface area contributed by atoms with Crippen LogP contribution in [0, 0.1) is 12.8 Å². The van der Waals surface area contributed by atoms with Crippen LogP contribution in [0.2, 0.25) is 0 Å². The number of benzene rings is 1. The van der Waals surface area contributed by atoms with E-state index in [0.717, 1.165) is 22.9 Å². The highest BCUT2D eigenvalue weighted by Crippen LogP contribution is 2.29. The number of aryl methyl sites for hydroxylation is 1. The lowest BCUT2D eigenvalue weighted by Gasteiger charge is -2.21. The van der Waals surface area contributed by atoms with Crippen molar-refractivity contribution in [2.75, 3.05) is 5.75 Å². The maximum Gasteiger partial charge on any atom is 0.307 e. The van der Waals surface area contributed by atoms with Crippen LogP contribution in [0.1, 0.15) is 30.9 Å². The molecule has 0 radical (unpaired) electrons. The van der Waals surface area contributed by atoms with Crippen LogP contribution in [0.25, 0.3) is 0 Å². The van der Waals surface area contributed by atoms with Gasteiger partial charge in [0, 0.05) is 12.7 Å². The lowest BCUT2D eigenvalue weighted by molar-refractivity contribution is -0.141. The molecule has 0 aliphatic heterocycles. The largest absolute Gasteiger partial charge is 0.481 e. The summed E-state index contributed by atoms with van der Waals surface area (Å²) in [6.07, 6.45) is 0. The van der Waals surface area contributed by atoms with E-state index in [2.05, 4.69) is 0 Å². The Labute approximate surface area is 112 Å². The summed E-state index contributed by atoms with van der Waals surface area (Å²) in [5, 5.41) is 9.24. The monoisotopic (exact) mass is 266 g/mol. The molecule has 0 aliphatic rings. The lowest BCUT2D eigenvalue weighted by atomic mass is 9.86. The third-order valence-corrected chi connectivity index (χ3v) is 4.00. The Morgan fingerprint density at radius 1 is 1.33 bits per heavy atom. The third kappa shape index (κ3) is 3.88. The molecule has 4 heteroatoms. The smallest absolute Gasteiger partial charge is 0.307 e. The minimum Gasteiger partial charge on any atom is -0.481 e. The van der Waals surface area contributed by atoms with Crippen LogP contribution in [0.5, 0.6) is 0 Å². The van der Waals surface area contributed by atoms with Crippen molar-refractivity contribution in [2.45, 2.75) is 26.7 Å². The second-order valence-electron chi connectivity index (χ2n) is 4.39. The lowest BCUT2D eigenvalue weighted by Crippen LogP contribution is -2.23. The van der Waals surface area contributed by atoms with Crippen LogP contribution < -0.4 is 0 Å². The Morgan fingerprint density at radius 3 is 2.44 bits per heavy atom. The number of carbonyl (C=O) groups excluding carboxylic acids is 1. The van der Waals surface area contributed by atoms with Gasteiger partial charge in [0.25, 0.3) is 0 Å². The molecule has 0 saturated carbocycles. The molecule has 0 spiro atoms. The Bertz CT molecular complexity index is 442. The molecule has 0 saturated heterocycles. The number of hydrogen-bond donors (Lipinski definition) is 1. The number of carboxylic acid groups (broad SMARTS) is 1. The zero-order chi connectivity index (χ0) is 13.7. The molecule has 0 aliphatic carbocycles. The van der Waals surface area contributed by atoms with Gasteiger partial charge in [-0.25, -0.2) is 0 Å². The molecule has 2 atom stereocenters. The maximum atomic E-state index is 11.3. The highest BCUT2D eigenvalue weighted by molar-refractivity contribution is 8.13. The van der Waals surface area contributed by atoms with Gasteiger partial charge in [0.1, 0.15) is 0 Å². The number of thioether (sulfide) groups is 1. The number of rotatable bonds is 5. The van der Waals surface area contributed by atoms with Crippen molar-refractivity contribution in [3.63, 3.8) is 0 Å². The third-order valence-electron chi connectivity index (χ3n) is 3.07. The quantitative estimate of drug-likeness (QED) is 0.889. The van der Waals surface area contributed by atoms with E-state index in [1.807, 2.05) is 38.1 Å². The summed E-state index contributed by atoms with van der Waals surface area (Å²) in [4.78, 5) is 22.3. The van der Waals surface area contributed by atoms with Crippen molar-refractivity contribution in [3.8, 4) is 0 Å². The minimum atomic E-state index is -0.848. The van der Waals surface area contributed by atoms with Gasteiger partial charge >= 0.3 is 5.97 Å². The fourth-order valence-corrected chi connectivity index (χ4v) is 2.80. The van der Waals surface area contributed by atoms with Crippen molar-refractivity contribution in [2.24, 2.45) is 5.92 Å². The van der Waals surface area contributed by atoms with Crippen LogP contribution in [-0.4, -0.2) is 21.9 Å². The van der Waals surface area contributed by atoms with E-state index in [0.29, 0.717) is 5.75 Å². The molecule has 1 N–H and O–H groups in total. The zero-order valence-corrected chi connectivity index (χ0v) is 11.7. The molecule has 0 amide bonds. The fourth-order valence-electron chi connectivity index (χ4n) is 1.95. The van der Waals surface area contributed by atoms with E-state index >= 15 is 0 Å². The SMILES string of the molecule is CC(=O)SCC(C(=O)O)C(C)c1ccccc1C. The van der Waals surface area contributed by atoms with Gasteiger partial charge in [0.2, 0.25) is 0 Å². The molecule has 1 aromatic rings. The maximum absolute atomic E-state index is 11.3. The number of carboxylic acids is 1. The molecular formula is C14H18O3S. The van der Waals surface area contributed by atoms with Crippen LogP contribution in [0.3, 0.4) is 0 Å². The fraction of sp³-hybridized carbons (Fsp3) is 0.429. The van der Waals surface area contributed by atoms with E-state index in [-0.39, 0.29) is 11.0 Å². The first kappa shape index (κ1) is 14.8. The molecule has 0 heterocycles. The second kappa shape index (κ2) is 6.59. The molecule has 2 unspecified atom stereocenters. The van der Waals surface area contributed by atoms with Crippen molar-refractivity contribution in [1.29, 1.82) is 0 Å². The van der Waals surface area contributed by atoms with Gasteiger partial charge in [0.05, 0.1) is 5.92 Å². The summed E-state index contributed by atoms with van der Waals surface area (Å²) in [6, 6.07) is 7.78. The Kier molecular flexibility index (Phi) is 5.41. The average Bonchev–Trinajstić information content (AvgIpc) is 2.28. The molecule has 3 nitrogen and oxygen atoms in total. The van der Waals surface area contributed by atoms with E-state index < -0.39 is 11.9 Å². The van der Waals surface area contributed by atoms with Crippen molar-refractivity contribution in [3.05, 3.63) is 35.4 Å². The van der Waals surface area contributed by atoms with Gasteiger partial charge in [-0.2, -0.15) is 0 Å². The van der Waals surface area contributed by atoms with Crippen LogP contribution in [-0.2, 0) is 9.59 Å². The summed E-state index contributed by atoms with van der Waals surface area (Å²) in [7, 11) is 0. The van der Waals surface area contributed by atoms with E-state index in [1.165, 1.54) is 6.92 Å². The average molecular weight is 266 g/mol. The first-order valence-electron chi connectivity index (χ1n) is 5.85. The zero-order valence-electron chi connectivity index (χ0n) is 10.8. The standard InChI is InChI=1S/C14H18O3S/c1-9-6-4-5-7-12(9)10(2)13(14(16)17)8-18-11(3)15/h4-7,10,13H,8H2,1-3H3,(H,16,17). The normalized spacial score (nSPS) is 13.9. The Morgan fingerprint density at radius 2 is 1.94 bits per heavy atom. The van der Waals surface area contributed by atoms with Gasteiger partial charge in [-0.3, -0.25) is 9.59 Å². The van der Waals surface area contributed by atoms with Gasteiger partial charge in [-0.15, -0.1) is 0 Å². The molecule has 1 rings (SSSR count). The summed E-state index contributed by atoms with van der Waals surface area (Å²) in [5.74, 6) is -1.17. The topological polar surface area (TPSA) is 54.4 Å². The molecule has 18 heavy (non-hydrogen) atoms. The highest BCUT2D eigenvalue weighted by atomic mass is 32.2. The first-order valence-corrected chi connectivity index (χ1v) is 6.83. The second-order valence-corrected chi connectivity index (χ2v) is 5.59. The van der Waals surface area contributed by atoms with E-state index in [4.69, 9.17) is 0 Å². The van der Waals surface area contributed by atoms with Crippen LogP contribution in [0.15, 0.2) is 24.3 Å². The van der Waals surface area contributed by atoms with Crippen molar-refractivity contribution < 1.29 is 14.7 Å². The Hall–Kier alpha value is -1.29. The number of aliphatic carboxylic acids is 1. The van der Waals surface area contributed by atoms with Crippen molar-refractivity contribution >= 4 is 22.8 Å². The summed E-state index contributed by atoms with van der Waals surface area (Å²) < 4.78 is 0. The van der Waals surface area contributed by atoms with Gasteiger partial charge < -0.3 is 5.11 Å². The predicted octanol–water partition coefficient (Wildman–Crippen LogP) is 3.08. The number of hydrogen-bond acceptors (Lipinski definition) is 3. The highest BCUT2D eigenvalue weighted by Gasteiger charge is 2.27. The van der Waals surface area contributed by atoms with Crippen LogP contribution >= 0.6 is 11.8 Å². The molecule has 0 aromatic heterocycles. The van der Waals surface area contributed by atoms with Gasteiger partial charge in [-0.05, 0) is 24.0 Å². The Balaban J connectivity index is 2.89. The van der Waals surface area contributed by atoms with Crippen molar-refractivity contribution in [1.82, 2.24) is 0 Å².